The van der Waals surface area contributed by atoms with E-state index < -0.39 is 0 Å². The Morgan fingerprint density at radius 2 is 2.16 bits per heavy atom. The quantitative estimate of drug-likeness (QED) is 0.813. The minimum absolute atomic E-state index is 0.0429. The molecule has 0 saturated carbocycles. The number of fused-ring (bicyclic) bond motifs is 1. The summed E-state index contributed by atoms with van der Waals surface area (Å²) in [5.41, 5.74) is 1.61. The van der Waals surface area contributed by atoms with E-state index >= 15 is 0 Å². The first-order valence-corrected chi connectivity index (χ1v) is 6.70. The van der Waals surface area contributed by atoms with Crippen LogP contribution in [-0.2, 0) is 4.79 Å². The molecule has 0 spiro atoms. The molecule has 0 atom stereocenters. The van der Waals surface area contributed by atoms with Crippen LogP contribution in [0.4, 0.5) is 11.4 Å². The molecule has 7 heteroatoms. The molecule has 19 heavy (non-hydrogen) atoms. The minimum atomic E-state index is -0.0669. The van der Waals surface area contributed by atoms with Crippen LogP contribution in [0.25, 0.3) is 0 Å². The zero-order chi connectivity index (χ0) is 13.6. The van der Waals surface area contributed by atoms with Crippen molar-refractivity contribution in [1.82, 2.24) is 5.32 Å². The summed E-state index contributed by atoms with van der Waals surface area (Å²) in [6.07, 6.45) is 0. The largest absolute Gasteiger partial charge is 0.480 e. The van der Waals surface area contributed by atoms with Crippen LogP contribution in [0, 0.1) is 5.41 Å². The average molecular weight is 325 g/mol. The molecule has 1 aromatic carbocycles. The lowest BCUT2D eigenvalue weighted by Gasteiger charge is -2.29. The molecule has 2 N–H and O–H groups in total. The molecule has 1 aromatic rings. The van der Waals surface area contributed by atoms with Gasteiger partial charge >= 0.3 is 0 Å². The lowest BCUT2D eigenvalue weighted by Crippen LogP contribution is -2.36. The third-order valence-electron chi connectivity index (χ3n) is 3.32. The number of likely N-dealkylation sites (N-methyl/N-ethyl adjacent to an activating group) is 1. The zero-order valence-corrected chi connectivity index (χ0v) is 12.0. The number of halogens is 1. The first kappa shape index (κ1) is 12.3. The maximum absolute atomic E-state index is 11.6. The molecule has 6 nitrogen and oxygen atoms in total. The highest BCUT2D eigenvalue weighted by Crippen LogP contribution is 2.43. The van der Waals surface area contributed by atoms with Crippen molar-refractivity contribution < 1.29 is 9.53 Å². The van der Waals surface area contributed by atoms with E-state index in [2.05, 4.69) is 21.2 Å². The van der Waals surface area contributed by atoms with E-state index in [0.29, 0.717) is 11.7 Å². The van der Waals surface area contributed by atoms with E-state index in [4.69, 9.17) is 10.1 Å². The molecular weight excluding hydrogens is 312 g/mol. The van der Waals surface area contributed by atoms with Gasteiger partial charge in [0.05, 0.1) is 15.8 Å². The van der Waals surface area contributed by atoms with E-state index in [1.807, 2.05) is 17.0 Å². The Morgan fingerprint density at radius 1 is 1.42 bits per heavy atom. The summed E-state index contributed by atoms with van der Waals surface area (Å²) in [6, 6.07) is 3.74. The Hall–Kier alpha value is -1.76. The first-order valence-electron chi connectivity index (χ1n) is 5.91. The molecule has 2 heterocycles. The predicted molar refractivity (Wildman–Crippen MR) is 76.1 cm³/mol. The van der Waals surface area contributed by atoms with Crippen molar-refractivity contribution in [3.8, 4) is 5.75 Å². The van der Waals surface area contributed by atoms with Crippen molar-refractivity contribution in [1.29, 1.82) is 5.41 Å². The molecule has 0 radical (unpaired) electrons. The molecule has 1 fully saturated rings. The summed E-state index contributed by atoms with van der Waals surface area (Å²) in [5.74, 6) is 0.961. The smallest absolute Gasteiger partial charge is 0.264 e. The number of nitrogens with zero attached hydrogens (tertiary/aromatic N) is 2. The van der Waals surface area contributed by atoms with Gasteiger partial charge in [-0.2, -0.15) is 0 Å². The van der Waals surface area contributed by atoms with E-state index in [1.165, 1.54) is 0 Å². The van der Waals surface area contributed by atoms with Gasteiger partial charge in [-0.1, -0.05) is 0 Å². The number of benzene rings is 1. The van der Waals surface area contributed by atoms with Crippen molar-refractivity contribution in [2.75, 3.05) is 36.5 Å². The van der Waals surface area contributed by atoms with Gasteiger partial charge in [0.15, 0.2) is 18.3 Å². The normalized spacial score (nSPS) is 18.2. The Kier molecular flexibility index (Phi) is 2.85. The number of hydrogen-bond donors (Lipinski definition) is 2. The van der Waals surface area contributed by atoms with Crippen LogP contribution >= 0.6 is 15.9 Å². The number of nitrogens with one attached hydrogen (secondary N) is 2. The molecule has 0 unspecified atom stereocenters. The number of anilines is 2. The molecule has 0 aromatic heterocycles. The number of carbonyl (C=O) groups excluding carboxylic acids is 1. The van der Waals surface area contributed by atoms with Gasteiger partial charge in [-0.15, -0.1) is 0 Å². The maximum atomic E-state index is 11.6. The summed E-state index contributed by atoms with van der Waals surface area (Å²) in [6.45, 7) is 1.54. The molecule has 0 bridgehead atoms. The SMILES string of the molecule is CN1C(=O)COc2c1ccc(N1CCNC1=N)c2Br. The second kappa shape index (κ2) is 4.41. The molecule has 2 aliphatic rings. The van der Waals surface area contributed by atoms with Crippen molar-refractivity contribution in [3.05, 3.63) is 16.6 Å². The third kappa shape index (κ3) is 1.85. The summed E-state index contributed by atoms with van der Waals surface area (Å²) in [7, 11) is 1.73. The molecule has 1 saturated heterocycles. The van der Waals surface area contributed by atoms with Crippen LogP contribution in [-0.4, -0.2) is 38.6 Å². The number of guanidine groups is 1. The van der Waals surface area contributed by atoms with Crippen LogP contribution in [0.2, 0.25) is 0 Å². The van der Waals surface area contributed by atoms with Gasteiger partial charge in [0.2, 0.25) is 0 Å². The van der Waals surface area contributed by atoms with E-state index in [9.17, 15) is 4.79 Å². The Bertz CT molecular complexity index is 575. The van der Waals surface area contributed by atoms with Crippen molar-refractivity contribution in [2.24, 2.45) is 0 Å². The predicted octanol–water partition coefficient (Wildman–Crippen LogP) is 1.15. The van der Waals surface area contributed by atoms with Crippen molar-refractivity contribution in [3.63, 3.8) is 0 Å². The van der Waals surface area contributed by atoms with Gasteiger partial charge in [-0.3, -0.25) is 10.2 Å². The minimum Gasteiger partial charge on any atom is -0.480 e. The van der Waals surface area contributed by atoms with Crippen molar-refractivity contribution >= 4 is 39.2 Å². The zero-order valence-electron chi connectivity index (χ0n) is 10.4. The highest BCUT2D eigenvalue weighted by atomic mass is 79.9. The van der Waals surface area contributed by atoms with E-state index in [0.717, 1.165) is 28.9 Å². The number of amides is 1. The fourth-order valence-corrected chi connectivity index (χ4v) is 2.91. The van der Waals surface area contributed by atoms with Crippen LogP contribution < -0.4 is 19.9 Å². The molecule has 100 valence electrons. The second-order valence-corrected chi connectivity index (χ2v) is 5.21. The lowest BCUT2D eigenvalue weighted by molar-refractivity contribution is -0.121. The summed E-state index contributed by atoms with van der Waals surface area (Å²) in [4.78, 5) is 15.0. The first-order chi connectivity index (χ1) is 9.09. The second-order valence-electron chi connectivity index (χ2n) is 4.42. The van der Waals surface area contributed by atoms with E-state index in [1.54, 1.807) is 11.9 Å². The highest BCUT2D eigenvalue weighted by molar-refractivity contribution is 9.10. The molecule has 1 amide bonds. The van der Waals surface area contributed by atoms with Gasteiger partial charge < -0.3 is 19.9 Å². The standard InChI is InChI=1S/C12H13BrN4O2/c1-16-8-3-2-7(17-5-4-15-12(17)14)10(13)11(8)19-6-9(16)18/h2-3H,4-6H2,1H3,(H2,14,15). The van der Waals surface area contributed by atoms with Crippen LogP contribution in [0.1, 0.15) is 0 Å². The molecular formula is C12H13BrN4O2. The highest BCUT2D eigenvalue weighted by Gasteiger charge is 2.28. The van der Waals surface area contributed by atoms with Gasteiger partial charge in [0.1, 0.15) is 0 Å². The van der Waals surface area contributed by atoms with E-state index in [-0.39, 0.29) is 12.5 Å². The van der Waals surface area contributed by atoms with Crippen molar-refractivity contribution in [2.45, 2.75) is 0 Å². The summed E-state index contributed by atoms with van der Waals surface area (Å²) in [5, 5.41) is 10.8. The maximum Gasteiger partial charge on any atom is 0.264 e. The average Bonchev–Trinajstić information content (AvgIpc) is 2.81. The van der Waals surface area contributed by atoms with Crippen LogP contribution in [0.5, 0.6) is 5.75 Å². The van der Waals surface area contributed by atoms with Crippen LogP contribution in [0.3, 0.4) is 0 Å². The molecule has 0 aliphatic carbocycles. The van der Waals surface area contributed by atoms with Gasteiger partial charge in [0, 0.05) is 20.1 Å². The van der Waals surface area contributed by atoms with Gasteiger partial charge in [0.25, 0.3) is 5.91 Å². The fourth-order valence-electron chi connectivity index (χ4n) is 2.24. The van der Waals surface area contributed by atoms with Gasteiger partial charge in [-0.05, 0) is 28.1 Å². The Morgan fingerprint density at radius 3 is 2.84 bits per heavy atom. The fraction of sp³-hybridized carbons (Fsp3) is 0.333. The number of ether oxygens (including phenoxy) is 1. The molecule has 3 rings (SSSR count). The Labute approximate surface area is 119 Å². The summed E-state index contributed by atoms with van der Waals surface area (Å²) >= 11 is 3.52. The summed E-state index contributed by atoms with van der Waals surface area (Å²) < 4.78 is 6.29. The van der Waals surface area contributed by atoms with Gasteiger partial charge in [-0.25, -0.2) is 0 Å². The Balaban J connectivity index is 2.06. The number of hydrogen-bond acceptors (Lipinski definition) is 3. The number of rotatable bonds is 1. The number of carbonyl (C=O) groups is 1. The topological polar surface area (TPSA) is 68.7 Å². The van der Waals surface area contributed by atoms with Crippen LogP contribution in [0.15, 0.2) is 16.6 Å². The third-order valence-corrected chi connectivity index (χ3v) is 4.09. The molecule has 2 aliphatic heterocycles. The lowest BCUT2D eigenvalue weighted by atomic mass is 10.2. The monoisotopic (exact) mass is 324 g/mol.